The Labute approximate surface area is 134 Å². The van der Waals surface area contributed by atoms with Crippen molar-refractivity contribution in [2.24, 2.45) is 0 Å². The molecule has 0 spiro atoms. The van der Waals surface area contributed by atoms with Crippen LogP contribution in [-0.4, -0.2) is 33.7 Å². The Hall–Kier alpha value is -2.54. The standard InChI is InChI=1S/C16H16O6S/c1-21-12-4-3-5-13(9-12)23(19,20)10-11-6-7-14(15(17)8-11)16(18)22-2/h3-9,17H,10H2,1-2H3. The molecule has 0 saturated heterocycles. The van der Waals surface area contributed by atoms with Gasteiger partial charge in [0.15, 0.2) is 9.84 Å². The van der Waals surface area contributed by atoms with E-state index in [4.69, 9.17) is 4.74 Å². The topological polar surface area (TPSA) is 89.9 Å². The lowest BCUT2D eigenvalue weighted by Crippen LogP contribution is -2.06. The maximum Gasteiger partial charge on any atom is 0.341 e. The van der Waals surface area contributed by atoms with E-state index in [0.29, 0.717) is 11.3 Å². The average molecular weight is 336 g/mol. The summed E-state index contributed by atoms with van der Waals surface area (Å²) in [5.74, 6) is -0.885. The minimum Gasteiger partial charge on any atom is -0.507 e. The van der Waals surface area contributed by atoms with Gasteiger partial charge in [0.1, 0.15) is 17.1 Å². The number of carbonyl (C=O) groups excluding carboxylic acids is 1. The van der Waals surface area contributed by atoms with E-state index >= 15 is 0 Å². The summed E-state index contributed by atoms with van der Waals surface area (Å²) >= 11 is 0. The van der Waals surface area contributed by atoms with E-state index in [9.17, 15) is 18.3 Å². The first-order valence-corrected chi connectivity index (χ1v) is 8.29. The number of sulfone groups is 1. The first kappa shape index (κ1) is 16.8. The van der Waals surface area contributed by atoms with Crippen molar-refractivity contribution >= 4 is 15.8 Å². The maximum atomic E-state index is 12.4. The molecule has 122 valence electrons. The molecule has 0 aliphatic heterocycles. The van der Waals surface area contributed by atoms with Gasteiger partial charge in [0.25, 0.3) is 0 Å². The molecule has 0 unspecified atom stereocenters. The molecule has 0 radical (unpaired) electrons. The number of esters is 1. The zero-order valence-corrected chi connectivity index (χ0v) is 13.5. The van der Waals surface area contributed by atoms with Crippen molar-refractivity contribution in [1.29, 1.82) is 0 Å². The Bertz CT molecular complexity index is 826. The fourth-order valence-corrected chi connectivity index (χ4v) is 3.41. The zero-order valence-electron chi connectivity index (χ0n) is 12.6. The van der Waals surface area contributed by atoms with Gasteiger partial charge in [-0.1, -0.05) is 12.1 Å². The van der Waals surface area contributed by atoms with Crippen LogP contribution in [-0.2, 0) is 20.3 Å². The average Bonchev–Trinajstić information content (AvgIpc) is 2.54. The van der Waals surface area contributed by atoms with Crippen LogP contribution in [0.2, 0.25) is 0 Å². The molecule has 7 heteroatoms. The molecule has 0 saturated carbocycles. The van der Waals surface area contributed by atoms with Crippen molar-refractivity contribution in [2.45, 2.75) is 10.6 Å². The Balaban J connectivity index is 2.30. The van der Waals surface area contributed by atoms with Crippen LogP contribution in [0.25, 0.3) is 0 Å². The van der Waals surface area contributed by atoms with Crippen molar-refractivity contribution in [3.05, 3.63) is 53.6 Å². The number of methoxy groups -OCH3 is 2. The molecule has 2 aromatic rings. The second-order valence-electron chi connectivity index (χ2n) is 4.78. The van der Waals surface area contributed by atoms with Crippen LogP contribution < -0.4 is 4.74 Å². The summed E-state index contributed by atoms with van der Waals surface area (Å²) in [6, 6.07) is 10.2. The van der Waals surface area contributed by atoms with Crippen molar-refractivity contribution in [3.63, 3.8) is 0 Å². The molecular formula is C16H16O6S. The van der Waals surface area contributed by atoms with E-state index in [0.717, 1.165) is 0 Å². The van der Waals surface area contributed by atoms with Gasteiger partial charge < -0.3 is 14.6 Å². The molecule has 1 N–H and O–H groups in total. The molecule has 0 atom stereocenters. The lowest BCUT2D eigenvalue weighted by molar-refractivity contribution is 0.0597. The zero-order chi connectivity index (χ0) is 17.0. The van der Waals surface area contributed by atoms with E-state index in [1.54, 1.807) is 12.1 Å². The quantitative estimate of drug-likeness (QED) is 0.842. The number of hydrogen-bond acceptors (Lipinski definition) is 6. The van der Waals surface area contributed by atoms with Crippen LogP contribution in [0, 0.1) is 0 Å². The number of aromatic hydroxyl groups is 1. The molecular weight excluding hydrogens is 320 g/mol. The molecule has 0 aliphatic rings. The summed E-state index contributed by atoms with van der Waals surface area (Å²) in [4.78, 5) is 11.5. The summed E-state index contributed by atoms with van der Waals surface area (Å²) in [6.45, 7) is 0. The van der Waals surface area contributed by atoms with Crippen molar-refractivity contribution in [1.82, 2.24) is 0 Å². The minimum absolute atomic E-state index is 0.0185. The highest BCUT2D eigenvalue weighted by Crippen LogP contribution is 2.24. The number of carbonyl (C=O) groups is 1. The Morgan fingerprint density at radius 1 is 1.13 bits per heavy atom. The third kappa shape index (κ3) is 3.81. The third-order valence-electron chi connectivity index (χ3n) is 3.22. The molecule has 0 aliphatic carbocycles. The normalized spacial score (nSPS) is 11.0. The van der Waals surface area contributed by atoms with E-state index in [1.807, 2.05) is 0 Å². The van der Waals surface area contributed by atoms with E-state index < -0.39 is 15.8 Å². The highest BCUT2D eigenvalue weighted by Gasteiger charge is 2.18. The monoisotopic (exact) mass is 336 g/mol. The second-order valence-corrected chi connectivity index (χ2v) is 6.77. The molecule has 0 fully saturated rings. The van der Waals surface area contributed by atoms with Crippen LogP contribution in [0.4, 0.5) is 0 Å². The second kappa shape index (κ2) is 6.70. The molecule has 0 amide bonds. The first-order chi connectivity index (χ1) is 10.9. The lowest BCUT2D eigenvalue weighted by Gasteiger charge is -2.08. The molecule has 0 bridgehead atoms. The van der Waals surface area contributed by atoms with Gasteiger partial charge in [-0.3, -0.25) is 0 Å². The van der Waals surface area contributed by atoms with E-state index in [1.165, 1.54) is 44.6 Å². The third-order valence-corrected chi connectivity index (χ3v) is 4.91. The van der Waals surface area contributed by atoms with Gasteiger partial charge in [-0.15, -0.1) is 0 Å². The van der Waals surface area contributed by atoms with Gasteiger partial charge in [0.05, 0.1) is 24.9 Å². The lowest BCUT2D eigenvalue weighted by atomic mass is 10.1. The van der Waals surface area contributed by atoms with Crippen LogP contribution in [0.15, 0.2) is 47.4 Å². The number of ether oxygens (including phenoxy) is 2. The Morgan fingerprint density at radius 2 is 1.87 bits per heavy atom. The summed E-state index contributed by atoms with van der Waals surface area (Å²) in [6.07, 6.45) is 0. The van der Waals surface area contributed by atoms with Gasteiger partial charge in [0, 0.05) is 0 Å². The fourth-order valence-electron chi connectivity index (χ4n) is 2.05. The molecule has 2 rings (SSSR count). The van der Waals surface area contributed by atoms with Gasteiger partial charge in [-0.2, -0.15) is 0 Å². The molecule has 6 nitrogen and oxygen atoms in total. The van der Waals surface area contributed by atoms with Crippen LogP contribution in [0.5, 0.6) is 11.5 Å². The van der Waals surface area contributed by atoms with Crippen molar-refractivity contribution in [3.8, 4) is 11.5 Å². The van der Waals surface area contributed by atoms with E-state index in [-0.39, 0.29) is 22.0 Å². The SMILES string of the molecule is COC(=O)c1ccc(CS(=O)(=O)c2cccc(OC)c2)cc1O. The molecule has 0 aromatic heterocycles. The predicted octanol–water partition coefficient (Wildman–Crippen LogP) is 2.16. The molecule has 2 aromatic carbocycles. The highest BCUT2D eigenvalue weighted by atomic mass is 32.2. The predicted molar refractivity (Wildman–Crippen MR) is 83.3 cm³/mol. The van der Waals surface area contributed by atoms with Crippen LogP contribution >= 0.6 is 0 Å². The fraction of sp³-hybridized carbons (Fsp3) is 0.188. The van der Waals surface area contributed by atoms with E-state index in [2.05, 4.69) is 4.74 Å². The van der Waals surface area contributed by atoms with Gasteiger partial charge >= 0.3 is 5.97 Å². The maximum absolute atomic E-state index is 12.4. The largest absolute Gasteiger partial charge is 0.507 e. The van der Waals surface area contributed by atoms with Crippen molar-refractivity contribution in [2.75, 3.05) is 14.2 Å². The number of phenolic OH excluding ortho intramolecular Hbond substituents is 1. The summed E-state index contributed by atoms with van der Waals surface area (Å²) in [7, 11) is -0.958. The summed E-state index contributed by atoms with van der Waals surface area (Å²) < 4.78 is 34.4. The highest BCUT2D eigenvalue weighted by molar-refractivity contribution is 7.90. The first-order valence-electron chi connectivity index (χ1n) is 6.64. The van der Waals surface area contributed by atoms with Gasteiger partial charge in [-0.05, 0) is 35.9 Å². The Morgan fingerprint density at radius 3 is 2.48 bits per heavy atom. The summed E-state index contributed by atoms with van der Waals surface area (Å²) in [5, 5.41) is 9.83. The van der Waals surface area contributed by atoms with Crippen molar-refractivity contribution < 1.29 is 27.8 Å². The van der Waals surface area contributed by atoms with Crippen LogP contribution in [0.3, 0.4) is 0 Å². The summed E-state index contributed by atoms with van der Waals surface area (Å²) in [5.41, 5.74) is 0.341. The minimum atomic E-state index is -3.61. The number of rotatable bonds is 5. The molecule has 0 heterocycles. The number of hydrogen-bond donors (Lipinski definition) is 1. The number of benzene rings is 2. The molecule has 23 heavy (non-hydrogen) atoms. The van der Waals surface area contributed by atoms with Gasteiger partial charge in [0.2, 0.25) is 0 Å². The number of phenols is 1. The van der Waals surface area contributed by atoms with Gasteiger partial charge in [-0.25, -0.2) is 13.2 Å². The van der Waals surface area contributed by atoms with Crippen LogP contribution in [0.1, 0.15) is 15.9 Å². The smallest absolute Gasteiger partial charge is 0.341 e. The Kier molecular flexibility index (Phi) is 4.90.